The van der Waals surface area contributed by atoms with Crippen molar-refractivity contribution < 1.29 is 4.21 Å². The fourth-order valence-corrected chi connectivity index (χ4v) is 2.45. The molecule has 1 unspecified atom stereocenters. The number of benzene rings is 1. The molecular weight excluding hydrogens is 258 g/mol. The van der Waals surface area contributed by atoms with Crippen LogP contribution in [0.25, 0.3) is 11.1 Å². The third kappa shape index (κ3) is 3.39. The maximum Gasteiger partial charge on any atom is 0.0696 e. The number of nitrogens with zero attached hydrogens (tertiary/aromatic N) is 1. The number of nitrogens with one attached hydrogen (secondary N) is 1. The normalized spacial score (nSPS) is 14.0. The molecule has 0 spiro atoms. The van der Waals surface area contributed by atoms with Gasteiger partial charge < -0.3 is 5.73 Å². The molecule has 0 aliphatic carbocycles. The molecule has 1 atom stereocenters. The van der Waals surface area contributed by atoms with E-state index in [1.807, 2.05) is 30.5 Å². The van der Waals surface area contributed by atoms with Gasteiger partial charge in [0.25, 0.3) is 0 Å². The van der Waals surface area contributed by atoms with Crippen molar-refractivity contribution in [2.75, 3.05) is 12.8 Å². The van der Waals surface area contributed by atoms with Crippen molar-refractivity contribution in [2.24, 2.45) is 5.73 Å². The predicted molar refractivity (Wildman–Crippen MR) is 77.5 cm³/mol. The lowest BCUT2D eigenvalue weighted by Crippen LogP contribution is -2.03. The summed E-state index contributed by atoms with van der Waals surface area (Å²) in [5, 5.41) is 0. The summed E-state index contributed by atoms with van der Waals surface area (Å²) >= 11 is 0. The molecule has 2 aromatic rings. The summed E-state index contributed by atoms with van der Waals surface area (Å²) in [7, 11) is -2.65. The average molecular weight is 275 g/mol. The minimum atomic E-state index is -2.65. The maximum atomic E-state index is 11.6. The van der Waals surface area contributed by atoms with Gasteiger partial charge in [0.1, 0.15) is 0 Å². The molecular formula is C14H17N3OS. The molecule has 19 heavy (non-hydrogen) atoms. The van der Waals surface area contributed by atoms with Gasteiger partial charge in [-0.15, -0.1) is 0 Å². The van der Waals surface area contributed by atoms with Crippen LogP contribution in [0.4, 0.5) is 0 Å². The van der Waals surface area contributed by atoms with Crippen LogP contribution < -0.4 is 5.73 Å². The Morgan fingerprint density at radius 1 is 1.16 bits per heavy atom. The van der Waals surface area contributed by atoms with Crippen molar-refractivity contribution in [3.63, 3.8) is 0 Å². The predicted octanol–water partition coefficient (Wildman–Crippen LogP) is 2.29. The van der Waals surface area contributed by atoms with Gasteiger partial charge >= 0.3 is 0 Å². The van der Waals surface area contributed by atoms with Gasteiger partial charge in [0, 0.05) is 35.0 Å². The Bertz CT molecular complexity index is 646. The molecule has 2 rings (SSSR count). The van der Waals surface area contributed by atoms with Crippen LogP contribution in [0, 0.1) is 4.78 Å². The van der Waals surface area contributed by atoms with Crippen LogP contribution in [0.15, 0.2) is 47.5 Å². The molecule has 0 fully saturated rings. The van der Waals surface area contributed by atoms with Crippen molar-refractivity contribution >= 4 is 9.73 Å². The van der Waals surface area contributed by atoms with E-state index in [-0.39, 0.29) is 0 Å². The second-order valence-electron chi connectivity index (χ2n) is 4.44. The fraction of sp³-hybridized carbons (Fsp3) is 0.214. The van der Waals surface area contributed by atoms with Gasteiger partial charge in [-0.25, -0.2) is 8.99 Å². The summed E-state index contributed by atoms with van der Waals surface area (Å²) in [6.07, 6.45) is 4.01. The standard InChI is InChI=1S/C14H17N3OS/c1-19(16,18)14-6-3-11(4-7-14)12-2-5-13(8-9-15)17-10-12/h2-7,10,16H,8-9,15H2,1H3. The highest BCUT2D eigenvalue weighted by molar-refractivity contribution is 7.91. The van der Waals surface area contributed by atoms with Crippen molar-refractivity contribution in [1.82, 2.24) is 4.98 Å². The van der Waals surface area contributed by atoms with E-state index in [0.717, 1.165) is 23.2 Å². The first-order valence-corrected chi connectivity index (χ1v) is 7.96. The van der Waals surface area contributed by atoms with Gasteiger partial charge in [0.2, 0.25) is 0 Å². The molecule has 1 aromatic carbocycles. The minimum Gasteiger partial charge on any atom is -0.330 e. The lowest BCUT2D eigenvalue weighted by atomic mass is 10.1. The van der Waals surface area contributed by atoms with Crippen LogP contribution >= 0.6 is 0 Å². The lowest BCUT2D eigenvalue weighted by molar-refractivity contribution is 0.679. The van der Waals surface area contributed by atoms with Crippen LogP contribution in [0.3, 0.4) is 0 Å². The van der Waals surface area contributed by atoms with E-state index >= 15 is 0 Å². The zero-order valence-electron chi connectivity index (χ0n) is 10.8. The molecule has 1 heterocycles. The second-order valence-corrected chi connectivity index (χ2v) is 6.60. The molecule has 0 radical (unpaired) electrons. The molecule has 0 aliphatic heterocycles. The van der Waals surface area contributed by atoms with Crippen LogP contribution in [-0.2, 0) is 16.1 Å². The Hall–Kier alpha value is -1.72. The van der Waals surface area contributed by atoms with E-state index in [1.54, 1.807) is 12.1 Å². The Labute approximate surface area is 113 Å². The molecule has 0 aliphatic rings. The monoisotopic (exact) mass is 275 g/mol. The molecule has 100 valence electrons. The molecule has 0 saturated heterocycles. The number of pyridine rings is 1. The Morgan fingerprint density at radius 2 is 1.79 bits per heavy atom. The largest absolute Gasteiger partial charge is 0.330 e. The summed E-state index contributed by atoms with van der Waals surface area (Å²) in [6.45, 7) is 0.593. The van der Waals surface area contributed by atoms with E-state index in [0.29, 0.717) is 11.4 Å². The molecule has 0 bridgehead atoms. The van der Waals surface area contributed by atoms with E-state index in [4.69, 9.17) is 10.5 Å². The maximum absolute atomic E-state index is 11.6. The Balaban J connectivity index is 2.27. The lowest BCUT2D eigenvalue weighted by Gasteiger charge is -2.05. The second kappa shape index (κ2) is 5.50. The van der Waals surface area contributed by atoms with E-state index in [9.17, 15) is 4.21 Å². The highest BCUT2D eigenvalue weighted by Crippen LogP contribution is 2.21. The molecule has 1 aromatic heterocycles. The number of nitrogens with two attached hydrogens (primary N) is 1. The molecule has 0 amide bonds. The summed E-state index contributed by atoms with van der Waals surface area (Å²) in [5.74, 6) is 0. The minimum absolute atomic E-state index is 0.545. The van der Waals surface area contributed by atoms with Crippen molar-refractivity contribution in [1.29, 1.82) is 4.78 Å². The topological polar surface area (TPSA) is 79.8 Å². The van der Waals surface area contributed by atoms with Gasteiger partial charge in [-0.1, -0.05) is 18.2 Å². The highest BCUT2D eigenvalue weighted by atomic mass is 32.2. The van der Waals surface area contributed by atoms with Gasteiger partial charge in [-0.3, -0.25) is 4.98 Å². The number of rotatable bonds is 4. The SMILES string of the molecule is CS(=N)(=O)c1ccc(-c2ccc(CCN)nc2)cc1. The summed E-state index contributed by atoms with van der Waals surface area (Å²) in [4.78, 5) is 4.89. The average Bonchev–Trinajstić information content (AvgIpc) is 2.39. The molecule has 5 heteroatoms. The van der Waals surface area contributed by atoms with Gasteiger partial charge in [0.15, 0.2) is 0 Å². The third-order valence-corrected chi connectivity index (χ3v) is 4.03. The van der Waals surface area contributed by atoms with Gasteiger partial charge in [-0.05, 0) is 30.3 Å². The van der Waals surface area contributed by atoms with E-state index in [1.165, 1.54) is 6.26 Å². The van der Waals surface area contributed by atoms with E-state index < -0.39 is 9.73 Å². The Morgan fingerprint density at radius 3 is 2.26 bits per heavy atom. The number of hydrogen-bond donors (Lipinski definition) is 2. The molecule has 3 N–H and O–H groups in total. The third-order valence-electron chi connectivity index (χ3n) is 2.86. The zero-order valence-corrected chi connectivity index (χ0v) is 11.6. The van der Waals surface area contributed by atoms with Gasteiger partial charge in [0.05, 0.1) is 9.73 Å². The molecule has 4 nitrogen and oxygen atoms in total. The van der Waals surface area contributed by atoms with Crippen LogP contribution in [0.2, 0.25) is 0 Å². The molecule has 0 saturated carbocycles. The van der Waals surface area contributed by atoms with Crippen molar-refractivity contribution in [2.45, 2.75) is 11.3 Å². The van der Waals surface area contributed by atoms with Crippen molar-refractivity contribution in [3.8, 4) is 11.1 Å². The quantitative estimate of drug-likeness (QED) is 0.898. The Kier molecular flexibility index (Phi) is 3.97. The number of aromatic nitrogens is 1. The zero-order chi connectivity index (χ0) is 13.9. The smallest absolute Gasteiger partial charge is 0.0696 e. The first-order valence-electron chi connectivity index (χ1n) is 6.00. The van der Waals surface area contributed by atoms with Crippen LogP contribution in [0.1, 0.15) is 5.69 Å². The first kappa shape index (κ1) is 13.7. The summed E-state index contributed by atoms with van der Waals surface area (Å²) < 4.78 is 19.1. The van der Waals surface area contributed by atoms with Crippen LogP contribution in [0.5, 0.6) is 0 Å². The highest BCUT2D eigenvalue weighted by Gasteiger charge is 2.04. The summed E-state index contributed by atoms with van der Waals surface area (Å²) in [5.41, 5.74) is 8.46. The van der Waals surface area contributed by atoms with E-state index in [2.05, 4.69) is 4.98 Å². The fourth-order valence-electron chi connectivity index (χ4n) is 1.80. The van der Waals surface area contributed by atoms with Gasteiger partial charge in [-0.2, -0.15) is 0 Å². The van der Waals surface area contributed by atoms with Crippen LogP contribution in [-0.4, -0.2) is 22.0 Å². The van der Waals surface area contributed by atoms with Crippen molar-refractivity contribution in [3.05, 3.63) is 48.3 Å². The summed E-state index contributed by atoms with van der Waals surface area (Å²) in [6, 6.07) is 11.2. The first-order chi connectivity index (χ1) is 9.00. The number of hydrogen-bond acceptors (Lipinski definition) is 4.